The molecule has 1 aliphatic carbocycles. The standard InChI is InChI=1S/C24H25N3O4S/c1-15-10-11-17(13-18(15)25-23(29)19-8-6-12-31-19)22(28)26-27-24(30)21-14-16-7-4-2-3-5-9-20(16)32-21/h6,8,10-14H,2-5,7,9H2,1H3,(H,25,29)(H,26,28)(H,27,30). The van der Waals surface area contributed by atoms with Crippen molar-refractivity contribution in [3.05, 3.63) is 74.9 Å². The summed E-state index contributed by atoms with van der Waals surface area (Å²) in [6.07, 6.45) is 8.19. The molecule has 32 heavy (non-hydrogen) atoms. The van der Waals surface area contributed by atoms with Crippen LogP contribution >= 0.6 is 11.3 Å². The molecule has 0 unspecified atom stereocenters. The second-order valence-electron chi connectivity index (χ2n) is 7.84. The fourth-order valence-corrected chi connectivity index (χ4v) is 4.84. The Kier molecular flexibility index (Phi) is 6.70. The molecule has 2 aromatic heterocycles. The van der Waals surface area contributed by atoms with Gasteiger partial charge in [-0.2, -0.15) is 0 Å². The minimum Gasteiger partial charge on any atom is -0.459 e. The number of furan rings is 1. The number of anilines is 1. The van der Waals surface area contributed by atoms with Gasteiger partial charge in [-0.1, -0.05) is 18.9 Å². The summed E-state index contributed by atoms with van der Waals surface area (Å²) in [6.45, 7) is 1.82. The summed E-state index contributed by atoms with van der Waals surface area (Å²) in [5, 5.41) is 2.74. The number of hydrogen-bond acceptors (Lipinski definition) is 5. The van der Waals surface area contributed by atoms with E-state index in [-0.39, 0.29) is 11.7 Å². The zero-order valence-electron chi connectivity index (χ0n) is 17.8. The monoisotopic (exact) mass is 451 g/mol. The molecule has 3 N–H and O–H groups in total. The highest BCUT2D eigenvalue weighted by Crippen LogP contribution is 2.28. The van der Waals surface area contributed by atoms with E-state index in [1.165, 1.54) is 40.9 Å². The molecule has 0 aliphatic heterocycles. The lowest BCUT2D eigenvalue weighted by Crippen LogP contribution is -2.41. The molecule has 7 nitrogen and oxygen atoms in total. The van der Waals surface area contributed by atoms with Crippen molar-refractivity contribution in [2.24, 2.45) is 0 Å². The average Bonchev–Trinajstić information content (AvgIpc) is 3.44. The summed E-state index contributed by atoms with van der Waals surface area (Å²) in [4.78, 5) is 39.3. The number of hydrogen-bond donors (Lipinski definition) is 3. The Balaban J connectivity index is 1.39. The molecule has 166 valence electrons. The first-order chi connectivity index (χ1) is 15.5. The smallest absolute Gasteiger partial charge is 0.291 e. The van der Waals surface area contributed by atoms with E-state index in [1.54, 1.807) is 30.3 Å². The van der Waals surface area contributed by atoms with Gasteiger partial charge in [-0.3, -0.25) is 25.2 Å². The lowest BCUT2D eigenvalue weighted by atomic mass is 10.00. The van der Waals surface area contributed by atoms with Crippen molar-refractivity contribution in [1.82, 2.24) is 10.9 Å². The summed E-state index contributed by atoms with van der Waals surface area (Å²) in [6, 6.07) is 10.1. The molecule has 1 aliphatic rings. The molecule has 8 heteroatoms. The Morgan fingerprint density at radius 1 is 0.906 bits per heavy atom. The third kappa shape index (κ3) is 5.08. The van der Waals surface area contributed by atoms with Gasteiger partial charge < -0.3 is 9.73 Å². The highest BCUT2D eigenvalue weighted by molar-refractivity contribution is 7.14. The number of rotatable bonds is 4. The van der Waals surface area contributed by atoms with Gasteiger partial charge in [0, 0.05) is 16.1 Å². The van der Waals surface area contributed by atoms with Crippen molar-refractivity contribution in [3.8, 4) is 0 Å². The Hall–Kier alpha value is -3.39. The van der Waals surface area contributed by atoms with Gasteiger partial charge in [-0.15, -0.1) is 11.3 Å². The summed E-state index contributed by atoms with van der Waals surface area (Å²) >= 11 is 1.50. The van der Waals surface area contributed by atoms with Crippen LogP contribution in [0.15, 0.2) is 47.1 Å². The number of benzene rings is 1. The fraction of sp³-hybridized carbons (Fsp3) is 0.292. The number of fused-ring (bicyclic) bond motifs is 1. The van der Waals surface area contributed by atoms with Crippen molar-refractivity contribution in [1.29, 1.82) is 0 Å². The van der Waals surface area contributed by atoms with E-state index in [4.69, 9.17) is 4.42 Å². The van der Waals surface area contributed by atoms with E-state index >= 15 is 0 Å². The van der Waals surface area contributed by atoms with Gasteiger partial charge >= 0.3 is 0 Å². The zero-order valence-corrected chi connectivity index (χ0v) is 18.6. The normalized spacial score (nSPS) is 13.4. The van der Waals surface area contributed by atoms with Crippen LogP contribution < -0.4 is 16.2 Å². The molecule has 0 bridgehead atoms. The zero-order chi connectivity index (χ0) is 22.5. The first-order valence-corrected chi connectivity index (χ1v) is 11.5. The summed E-state index contributed by atoms with van der Waals surface area (Å²) < 4.78 is 5.10. The maximum Gasteiger partial charge on any atom is 0.291 e. The molecule has 2 heterocycles. The molecule has 0 saturated carbocycles. The second-order valence-corrected chi connectivity index (χ2v) is 8.98. The van der Waals surface area contributed by atoms with Crippen LogP contribution in [0.1, 0.15) is 72.3 Å². The first-order valence-electron chi connectivity index (χ1n) is 10.7. The number of thiophene rings is 1. The molecule has 3 amide bonds. The number of nitrogens with one attached hydrogen (secondary N) is 3. The summed E-state index contributed by atoms with van der Waals surface area (Å²) in [5.74, 6) is -1.02. The third-order valence-corrected chi connectivity index (χ3v) is 6.74. The first kappa shape index (κ1) is 21.8. The minimum absolute atomic E-state index is 0.177. The van der Waals surface area contributed by atoms with Crippen LogP contribution in [0.3, 0.4) is 0 Å². The maximum atomic E-state index is 12.6. The molecule has 0 radical (unpaired) electrons. The van der Waals surface area contributed by atoms with Crippen molar-refractivity contribution in [2.45, 2.75) is 45.4 Å². The number of carbonyl (C=O) groups is 3. The molecule has 0 saturated heterocycles. The van der Waals surface area contributed by atoms with Gasteiger partial charge in [-0.25, -0.2) is 0 Å². The van der Waals surface area contributed by atoms with Crippen LogP contribution in [0.25, 0.3) is 0 Å². The molecular weight excluding hydrogens is 426 g/mol. The molecule has 4 rings (SSSR count). The van der Waals surface area contributed by atoms with Crippen LogP contribution in [-0.2, 0) is 12.8 Å². The van der Waals surface area contributed by atoms with Crippen LogP contribution in [0.5, 0.6) is 0 Å². The lowest BCUT2D eigenvalue weighted by Gasteiger charge is -2.11. The minimum atomic E-state index is -0.471. The highest BCUT2D eigenvalue weighted by atomic mass is 32.1. The fourth-order valence-electron chi connectivity index (χ4n) is 3.69. The van der Waals surface area contributed by atoms with Crippen LogP contribution in [0, 0.1) is 6.92 Å². The van der Waals surface area contributed by atoms with Crippen molar-refractivity contribution in [3.63, 3.8) is 0 Å². The second kappa shape index (κ2) is 9.82. The van der Waals surface area contributed by atoms with E-state index in [0.29, 0.717) is 16.1 Å². The van der Waals surface area contributed by atoms with Gasteiger partial charge in [0.2, 0.25) is 0 Å². The van der Waals surface area contributed by atoms with Gasteiger partial charge in [0.1, 0.15) is 0 Å². The van der Waals surface area contributed by atoms with E-state index in [9.17, 15) is 14.4 Å². The quantitative estimate of drug-likeness (QED) is 0.503. The molecular formula is C24H25N3O4S. The summed E-state index contributed by atoms with van der Waals surface area (Å²) in [5.41, 5.74) is 7.81. The number of hydrazine groups is 1. The Morgan fingerprint density at radius 2 is 1.69 bits per heavy atom. The number of aryl methyl sites for hydroxylation is 3. The molecule has 1 aromatic carbocycles. The molecule has 3 aromatic rings. The Bertz CT molecular complexity index is 1110. The third-order valence-electron chi connectivity index (χ3n) is 5.50. The Labute approximate surface area is 190 Å². The van der Waals surface area contributed by atoms with Crippen LogP contribution in [-0.4, -0.2) is 17.7 Å². The highest BCUT2D eigenvalue weighted by Gasteiger charge is 2.17. The van der Waals surface area contributed by atoms with Gasteiger partial charge in [0.25, 0.3) is 17.7 Å². The van der Waals surface area contributed by atoms with Crippen LogP contribution in [0.4, 0.5) is 5.69 Å². The average molecular weight is 452 g/mol. The molecule has 0 fully saturated rings. The maximum absolute atomic E-state index is 12.6. The van der Waals surface area contributed by atoms with Crippen LogP contribution in [0.2, 0.25) is 0 Å². The Morgan fingerprint density at radius 3 is 2.47 bits per heavy atom. The van der Waals surface area contributed by atoms with Crippen molar-refractivity contribution >= 4 is 34.7 Å². The van der Waals surface area contributed by atoms with Crippen molar-refractivity contribution < 1.29 is 18.8 Å². The summed E-state index contributed by atoms with van der Waals surface area (Å²) in [7, 11) is 0. The lowest BCUT2D eigenvalue weighted by molar-refractivity contribution is 0.0849. The number of amides is 3. The van der Waals surface area contributed by atoms with E-state index in [2.05, 4.69) is 16.2 Å². The topological polar surface area (TPSA) is 100 Å². The predicted octanol–water partition coefficient (Wildman–Crippen LogP) is 4.64. The van der Waals surface area contributed by atoms with E-state index in [1.807, 2.05) is 13.0 Å². The van der Waals surface area contributed by atoms with E-state index < -0.39 is 11.8 Å². The van der Waals surface area contributed by atoms with Gasteiger partial charge in [0.05, 0.1) is 11.1 Å². The largest absolute Gasteiger partial charge is 0.459 e. The van der Waals surface area contributed by atoms with Crippen molar-refractivity contribution in [2.75, 3.05) is 5.32 Å². The SMILES string of the molecule is Cc1ccc(C(=O)NNC(=O)c2cc3c(s2)CCCCCC3)cc1NC(=O)c1ccco1. The molecule has 0 atom stereocenters. The van der Waals surface area contributed by atoms with E-state index in [0.717, 1.165) is 31.2 Å². The molecule has 0 spiro atoms. The van der Waals surface area contributed by atoms with Gasteiger partial charge in [-0.05, 0) is 74.1 Å². The predicted molar refractivity (Wildman–Crippen MR) is 123 cm³/mol. The van der Waals surface area contributed by atoms with Gasteiger partial charge in [0.15, 0.2) is 5.76 Å². The number of carbonyl (C=O) groups excluding carboxylic acids is 3.